The molecular weight excluding hydrogens is 334 g/mol. The molecular formula is C19H25N3O2S. The van der Waals surface area contributed by atoms with Crippen molar-refractivity contribution < 1.29 is 9.53 Å². The number of nitrogens with one attached hydrogen (secondary N) is 2. The molecule has 1 aromatic heterocycles. The molecule has 1 aromatic carbocycles. The number of methoxy groups -OCH3 is 1. The van der Waals surface area contributed by atoms with Gasteiger partial charge >= 0.3 is 5.97 Å². The van der Waals surface area contributed by atoms with Crippen LogP contribution in [-0.2, 0) is 9.53 Å². The topological polar surface area (TPSA) is 63.2 Å². The third-order valence-electron chi connectivity index (χ3n) is 4.58. The molecule has 1 aliphatic rings. The summed E-state index contributed by atoms with van der Waals surface area (Å²) in [7, 11) is 1.42. The van der Waals surface area contributed by atoms with E-state index in [1.165, 1.54) is 25.5 Å². The van der Waals surface area contributed by atoms with Crippen LogP contribution in [0.2, 0.25) is 0 Å². The Bertz CT molecular complexity index is 678. The fraction of sp³-hybridized carbons (Fsp3) is 0.474. The summed E-state index contributed by atoms with van der Waals surface area (Å²) >= 11 is 1.59. The van der Waals surface area contributed by atoms with Gasteiger partial charge in [0.1, 0.15) is 0 Å². The van der Waals surface area contributed by atoms with Gasteiger partial charge in [0.05, 0.1) is 12.8 Å². The van der Waals surface area contributed by atoms with Gasteiger partial charge in [0.15, 0.2) is 5.13 Å². The minimum absolute atomic E-state index is 0.171. The second-order valence-electron chi connectivity index (χ2n) is 6.29. The molecule has 1 aliphatic heterocycles. The first-order valence-electron chi connectivity index (χ1n) is 8.83. The molecule has 0 saturated carbocycles. The smallest absolute Gasteiger partial charge is 0.305 e. The van der Waals surface area contributed by atoms with E-state index in [9.17, 15) is 4.79 Å². The summed E-state index contributed by atoms with van der Waals surface area (Å²) in [5, 5.41) is 9.65. The number of ether oxygens (including phenoxy) is 1. The van der Waals surface area contributed by atoms with Crippen LogP contribution in [0.3, 0.4) is 0 Å². The molecule has 0 atom stereocenters. The molecule has 2 N–H and O–H groups in total. The van der Waals surface area contributed by atoms with Crippen molar-refractivity contribution >= 4 is 22.4 Å². The second kappa shape index (κ2) is 8.97. The Morgan fingerprint density at radius 2 is 2.08 bits per heavy atom. The molecule has 0 bridgehead atoms. The lowest BCUT2D eigenvalue weighted by Crippen LogP contribution is -2.26. The zero-order chi connectivity index (χ0) is 17.5. The van der Waals surface area contributed by atoms with Gasteiger partial charge in [0.25, 0.3) is 0 Å². The first kappa shape index (κ1) is 17.9. The van der Waals surface area contributed by atoms with Gasteiger partial charge in [-0.05, 0) is 43.8 Å². The monoisotopic (exact) mass is 359 g/mol. The summed E-state index contributed by atoms with van der Waals surface area (Å²) in [6, 6.07) is 8.84. The lowest BCUT2D eigenvalue weighted by molar-refractivity contribution is -0.140. The molecule has 5 nitrogen and oxygen atoms in total. The van der Waals surface area contributed by atoms with Crippen LogP contribution in [-0.4, -0.2) is 37.7 Å². The van der Waals surface area contributed by atoms with Crippen molar-refractivity contribution in [2.75, 3.05) is 32.1 Å². The van der Waals surface area contributed by atoms with Gasteiger partial charge in [-0.15, -0.1) is 11.3 Å². The van der Waals surface area contributed by atoms with Gasteiger partial charge in [-0.25, -0.2) is 4.98 Å². The van der Waals surface area contributed by atoms with E-state index < -0.39 is 0 Å². The number of anilines is 1. The molecule has 3 rings (SSSR count). The van der Waals surface area contributed by atoms with Crippen molar-refractivity contribution in [1.29, 1.82) is 0 Å². The van der Waals surface area contributed by atoms with Crippen molar-refractivity contribution in [2.45, 2.75) is 31.6 Å². The van der Waals surface area contributed by atoms with Crippen LogP contribution in [0.4, 0.5) is 5.13 Å². The van der Waals surface area contributed by atoms with E-state index in [0.717, 1.165) is 42.4 Å². The predicted octanol–water partition coefficient (Wildman–Crippen LogP) is 3.64. The van der Waals surface area contributed by atoms with Gasteiger partial charge in [0.2, 0.25) is 0 Å². The molecule has 1 saturated heterocycles. The fourth-order valence-electron chi connectivity index (χ4n) is 3.10. The highest BCUT2D eigenvalue weighted by molar-refractivity contribution is 7.14. The number of esters is 1. The highest BCUT2D eigenvalue weighted by atomic mass is 32.1. The van der Waals surface area contributed by atoms with E-state index in [-0.39, 0.29) is 5.97 Å². The van der Waals surface area contributed by atoms with Crippen LogP contribution in [0.5, 0.6) is 0 Å². The van der Waals surface area contributed by atoms with Crippen LogP contribution >= 0.6 is 11.3 Å². The Hall–Kier alpha value is -1.92. The number of piperidine rings is 1. The number of carbonyl (C=O) groups is 1. The van der Waals surface area contributed by atoms with Crippen LogP contribution in [0, 0.1) is 0 Å². The maximum Gasteiger partial charge on any atom is 0.305 e. The van der Waals surface area contributed by atoms with Crippen LogP contribution < -0.4 is 10.6 Å². The van der Waals surface area contributed by atoms with Crippen molar-refractivity contribution in [3.05, 3.63) is 35.2 Å². The van der Waals surface area contributed by atoms with E-state index in [0.29, 0.717) is 12.3 Å². The number of nitrogens with zero attached hydrogens (tertiary/aromatic N) is 1. The highest BCUT2D eigenvalue weighted by Crippen LogP contribution is 2.29. The summed E-state index contributed by atoms with van der Waals surface area (Å²) in [5.74, 6) is 0.508. The van der Waals surface area contributed by atoms with E-state index in [1.54, 1.807) is 11.3 Å². The van der Waals surface area contributed by atoms with Gasteiger partial charge in [0, 0.05) is 23.9 Å². The molecule has 25 heavy (non-hydrogen) atoms. The molecule has 0 unspecified atom stereocenters. The molecule has 2 aromatic rings. The van der Waals surface area contributed by atoms with E-state index >= 15 is 0 Å². The standard InChI is InChI=1S/C19H25N3O2S/c1-24-18(23)3-2-10-21-19-22-17(13-25-19)16-6-4-14(5-7-16)15-8-11-20-12-9-15/h4-7,13,15,20H,2-3,8-12H2,1H3,(H,21,22). The third kappa shape index (κ3) is 5.03. The molecule has 134 valence electrons. The third-order valence-corrected chi connectivity index (χ3v) is 5.38. The Kier molecular flexibility index (Phi) is 6.42. The minimum atomic E-state index is -0.171. The molecule has 0 aliphatic carbocycles. The number of rotatable bonds is 7. The number of hydrogen-bond donors (Lipinski definition) is 2. The first-order valence-corrected chi connectivity index (χ1v) is 9.71. The summed E-state index contributed by atoms with van der Waals surface area (Å²) < 4.78 is 4.63. The van der Waals surface area contributed by atoms with Crippen molar-refractivity contribution in [3.63, 3.8) is 0 Å². The SMILES string of the molecule is COC(=O)CCCNc1nc(-c2ccc(C3CCNCC3)cc2)cs1. The van der Waals surface area contributed by atoms with Gasteiger partial charge in [-0.1, -0.05) is 24.3 Å². The summed E-state index contributed by atoms with van der Waals surface area (Å²) in [4.78, 5) is 15.7. The average molecular weight is 359 g/mol. The molecule has 0 radical (unpaired) electrons. The van der Waals surface area contributed by atoms with Crippen molar-refractivity contribution in [3.8, 4) is 11.3 Å². The summed E-state index contributed by atoms with van der Waals surface area (Å²) in [6.07, 6.45) is 3.61. The summed E-state index contributed by atoms with van der Waals surface area (Å²) in [5.41, 5.74) is 3.58. The largest absolute Gasteiger partial charge is 0.469 e. The molecule has 6 heteroatoms. The van der Waals surface area contributed by atoms with Crippen molar-refractivity contribution in [1.82, 2.24) is 10.3 Å². The van der Waals surface area contributed by atoms with E-state index in [1.807, 2.05) is 0 Å². The van der Waals surface area contributed by atoms with E-state index in [2.05, 4.69) is 50.0 Å². The lowest BCUT2D eigenvalue weighted by Gasteiger charge is -2.23. The Balaban J connectivity index is 1.53. The number of carbonyl (C=O) groups excluding carboxylic acids is 1. The lowest BCUT2D eigenvalue weighted by atomic mass is 9.90. The molecule has 1 fully saturated rings. The maximum absolute atomic E-state index is 11.1. The average Bonchev–Trinajstić information content (AvgIpc) is 3.15. The van der Waals surface area contributed by atoms with Gasteiger partial charge in [-0.3, -0.25) is 4.79 Å². The minimum Gasteiger partial charge on any atom is -0.469 e. The second-order valence-corrected chi connectivity index (χ2v) is 7.15. The van der Waals surface area contributed by atoms with Crippen LogP contribution in [0.1, 0.15) is 37.2 Å². The number of thiazole rings is 1. The van der Waals surface area contributed by atoms with Crippen LogP contribution in [0.25, 0.3) is 11.3 Å². The summed E-state index contributed by atoms with van der Waals surface area (Å²) in [6.45, 7) is 2.95. The van der Waals surface area contributed by atoms with Gasteiger partial charge in [-0.2, -0.15) is 0 Å². The zero-order valence-electron chi connectivity index (χ0n) is 14.6. The Morgan fingerprint density at radius 1 is 1.32 bits per heavy atom. The predicted molar refractivity (Wildman–Crippen MR) is 102 cm³/mol. The normalized spacial score (nSPS) is 15.1. The quantitative estimate of drug-likeness (QED) is 0.584. The number of aromatic nitrogens is 1. The Morgan fingerprint density at radius 3 is 2.80 bits per heavy atom. The first-order chi connectivity index (χ1) is 12.3. The Labute approximate surface area is 152 Å². The fourth-order valence-corrected chi connectivity index (χ4v) is 3.85. The van der Waals surface area contributed by atoms with Gasteiger partial charge < -0.3 is 15.4 Å². The molecule has 0 amide bonds. The van der Waals surface area contributed by atoms with Crippen LogP contribution in [0.15, 0.2) is 29.6 Å². The van der Waals surface area contributed by atoms with Crippen molar-refractivity contribution in [2.24, 2.45) is 0 Å². The zero-order valence-corrected chi connectivity index (χ0v) is 15.4. The number of hydrogen-bond acceptors (Lipinski definition) is 6. The highest BCUT2D eigenvalue weighted by Gasteiger charge is 2.15. The molecule has 2 heterocycles. The molecule has 0 spiro atoms. The van der Waals surface area contributed by atoms with E-state index in [4.69, 9.17) is 0 Å². The number of benzene rings is 1. The maximum atomic E-state index is 11.1.